The first kappa shape index (κ1) is 13.4. The Bertz CT molecular complexity index is 535. The third-order valence-corrected chi connectivity index (χ3v) is 2.72. The van der Waals surface area contributed by atoms with Crippen molar-refractivity contribution in [3.05, 3.63) is 23.3 Å². The molecule has 0 aromatic heterocycles. The summed E-state index contributed by atoms with van der Waals surface area (Å²) >= 11 is 4.67. The third kappa shape index (κ3) is 2.40. The number of carbonyl (C=O) groups excluding carboxylic acids is 1. The Morgan fingerprint density at radius 2 is 2.16 bits per heavy atom. The van der Waals surface area contributed by atoms with Gasteiger partial charge in [-0.1, -0.05) is 0 Å². The van der Waals surface area contributed by atoms with E-state index in [1.807, 2.05) is 0 Å². The minimum atomic E-state index is -0.691. The predicted molar refractivity (Wildman–Crippen MR) is 70.8 cm³/mol. The minimum Gasteiger partial charge on any atom is -0.493 e. The normalized spacial score (nSPS) is 16.5. The van der Waals surface area contributed by atoms with Crippen LogP contribution in [0.2, 0.25) is 0 Å². The number of carbonyl (C=O) groups is 1. The van der Waals surface area contributed by atoms with E-state index in [2.05, 4.69) is 23.1 Å². The van der Waals surface area contributed by atoms with Gasteiger partial charge < -0.3 is 19.9 Å². The fourth-order valence-corrected chi connectivity index (χ4v) is 1.90. The Morgan fingerprint density at radius 3 is 2.74 bits per heavy atom. The van der Waals surface area contributed by atoms with E-state index in [1.54, 1.807) is 12.1 Å². The zero-order chi connectivity index (χ0) is 14.0. The van der Waals surface area contributed by atoms with Crippen LogP contribution in [-0.4, -0.2) is 25.3 Å². The number of esters is 1. The van der Waals surface area contributed by atoms with Crippen molar-refractivity contribution < 1.29 is 19.0 Å². The quantitative estimate of drug-likeness (QED) is 0.410. The van der Waals surface area contributed by atoms with E-state index < -0.39 is 12.2 Å². The molecule has 0 saturated carbocycles. The molecule has 0 spiro atoms. The number of hydrogen-bond acceptors (Lipinski definition) is 6. The smallest absolute Gasteiger partial charge is 0.344 e. The number of thiocarbonyl (C=S) groups is 1. The van der Waals surface area contributed by atoms with Crippen molar-refractivity contribution in [3.8, 4) is 11.5 Å². The van der Waals surface area contributed by atoms with Gasteiger partial charge in [-0.2, -0.15) is 5.43 Å². The van der Waals surface area contributed by atoms with E-state index in [1.165, 1.54) is 14.2 Å². The average molecular weight is 283 g/mol. The number of ether oxygens (including phenoxy) is 3. The van der Waals surface area contributed by atoms with Gasteiger partial charge >= 0.3 is 5.97 Å². The van der Waals surface area contributed by atoms with E-state index in [9.17, 15) is 4.79 Å². The van der Waals surface area contributed by atoms with Crippen LogP contribution in [0.3, 0.4) is 0 Å². The Kier molecular flexibility index (Phi) is 3.72. The molecule has 7 nitrogen and oxygen atoms in total. The van der Waals surface area contributed by atoms with Crippen LogP contribution >= 0.6 is 12.2 Å². The Hall–Kier alpha value is -2.06. The number of nitrogens with one attached hydrogen (secondary N) is 2. The van der Waals surface area contributed by atoms with Crippen LogP contribution in [0.15, 0.2) is 12.1 Å². The molecule has 1 aliphatic heterocycles. The summed E-state index contributed by atoms with van der Waals surface area (Å²) in [5.41, 5.74) is 11.5. The van der Waals surface area contributed by atoms with E-state index >= 15 is 0 Å². The zero-order valence-electron chi connectivity index (χ0n) is 10.4. The van der Waals surface area contributed by atoms with Gasteiger partial charge in [0.25, 0.3) is 0 Å². The average Bonchev–Trinajstić information content (AvgIpc) is 2.72. The summed E-state index contributed by atoms with van der Waals surface area (Å²) in [5.74, 6) is 0.291. The SMILES string of the molecule is COc1ccc2c(c1OC)C(=O)O[C@H]2NNC(N)=S. The van der Waals surface area contributed by atoms with E-state index in [-0.39, 0.29) is 5.11 Å². The maximum absolute atomic E-state index is 11.9. The van der Waals surface area contributed by atoms with Crippen molar-refractivity contribution in [2.75, 3.05) is 14.2 Å². The van der Waals surface area contributed by atoms with E-state index in [0.29, 0.717) is 22.6 Å². The van der Waals surface area contributed by atoms with Gasteiger partial charge in [-0.05, 0) is 24.4 Å². The molecule has 0 amide bonds. The van der Waals surface area contributed by atoms with Gasteiger partial charge in [0.1, 0.15) is 5.56 Å². The van der Waals surface area contributed by atoms with Crippen molar-refractivity contribution >= 4 is 23.3 Å². The molecule has 1 aliphatic rings. The van der Waals surface area contributed by atoms with Crippen LogP contribution < -0.4 is 26.1 Å². The number of benzene rings is 1. The maximum atomic E-state index is 11.9. The molecule has 0 aliphatic carbocycles. The lowest BCUT2D eigenvalue weighted by Crippen LogP contribution is -2.42. The third-order valence-electron chi connectivity index (χ3n) is 2.62. The maximum Gasteiger partial charge on any atom is 0.344 e. The van der Waals surface area contributed by atoms with Crippen molar-refractivity contribution in [2.24, 2.45) is 5.73 Å². The topological polar surface area (TPSA) is 94.8 Å². The summed E-state index contributed by atoms with van der Waals surface area (Å²) in [4.78, 5) is 11.9. The lowest BCUT2D eigenvalue weighted by atomic mass is 10.1. The summed E-state index contributed by atoms with van der Waals surface area (Å²) in [5, 5.41) is 0.0463. The highest BCUT2D eigenvalue weighted by atomic mass is 32.1. The van der Waals surface area contributed by atoms with Crippen molar-refractivity contribution in [1.82, 2.24) is 10.9 Å². The van der Waals surface area contributed by atoms with E-state index in [0.717, 1.165) is 0 Å². The van der Waals surface area contributed by atoms with Gasteiger partial charge in [0.05, 0.1) is 14.2 Å². The second-order valence-corrected chi connectivity index (χ2v) is 4.12. The number of methoxy groups -OCH3 is 2. The van der Waals surface area contributed by atoms with Gasteiger partial charge in [0.2, 0.25) is 0 Å². The molecule has 0 saturated heterocycles. The molecule has 0 fully saturated rings. The van der Waals surface area contributed by atoms with Gasteiger partial charge in [0.15, 0.2) is 22.8 Å². The molecule has 19 heavy (non-hydrogen) atoms. The Labute approximate surface area is 115 Å². The summed E-state index contributed by atoms with van der Waals surface area (Å²) < 4.78 is 15.5. The summed E-state index contributed by atoms with van der Waals surface area (Å²) in [7, 11) is 2.95. The monoisotopic (exact) mass is 283 g/mol. The molecular weight excluding hydrogens is 270 g/mol. The second-order valence-electron chi connectivity index (χ2n) is 3.68. The molecule has 1 atom stereocenters. The van der Waals surface area contributed by atoms with Crippen LogP contribution in [0.1, 0.15) is 22.1 Å². The molecular formula is C11H13N3O4S. The minimum absolute atomic E-state index is 0.0463. The van der Waals surface area contributed by atoms with Gasteiger partial charge in [-0.25, -0.2) is 4.79 Å². The molecule has 1 heterocycles. The first-order chi connectivity index (χ1) is 9.08. The highest BCUT2D eigenvalue weighted by Crippen LogP contribution is 2.40. The van der Waals surface area contributed by atoms with Crippen LogP contribution in [-0.2, 0) is 4.74 Å². The molecule has 8 heteroatoms. The number of hydrogen-bond donors (Lipinski definition) is 3. The number of nitrogens with two attached hydrogens (primary N) is 1. The fraction of sp³-hybridized carbons (Fsp3) is 0.273. The van der Waals surface area contributed by atoms with Gasteiger partial charge in [-0.15, -0.1) is 0 Å². The first-order valence-corrected chi connectivity index (χ1v) is 5.76. The number of fused-ring (bicyclic) bond motifs is 1. The summed E-state index contributed by atoms with van der Waals surface area (Å²) in [6.45, 7) is 0. The van der Waals surface area contributed by atoms with Crippen molar-refractivity contribution in [3.63, 3.8) is 0 Å². The molecule has 102 valence electrons. The number of cyclic esters (lactones) is 1. The largest absolute Gasteiger partial charge is 0.493 e. The fourth-order valence-electron chi connectivity index (χ4n) is 1.84. The molecule has 0 radical (unpaired) electrons. The summed E-state index contributed by atoms with van der Waals surface area (Å²) in [6.07, 6.45) is -0.691. The summed E-state index contributed by atoms with van der Waals surface area (Å²) in [6, 6.07) is 3.40. The van der Waals surface area contributed by atoms with Crippen LogP contribution in [0.25, 0.3) is 0 Å². The first-order valence-electron chi connectivity index (χ1n) is 5.35. The molecule has 0 unspecified atom stereocenters. The lowest BCUT2D eigenvalue weighted by Gasteiger charge is -2.14. The standard InChI is InChI=1S/C11H13N3O4S/c1-16-6-4-3-5-7(8(6)17-2)10(15)18-9(5)13-14-11(12)19/h3-4,9,13H,1-2H3,(H3,12,14,19)/t9-/m1/s1. The molecule has 0 bridgehead atoms. The molecule has 4 N–H and O–H groups in total. The molecule has 2 rings (SSSR count). The molecule has 1 aromatic carbocycles. The van der Waals surface area contributed by atoms with Crippen LogP contribution in [0.4, 0.5) is 0 Å². The lowest BCUT2D eigenvalue weighted by molar-refractivity contribution is 0.0287. The van der Waals surface area contributed by atoms with Crippen LogP contribution in [0, 0.1) is 0 Å². The van der Waals surface area contributed by atoms with Gasteiger partial charge in [-0.3, -0.25) is 5.43 Å². The van der Waals surface area contributed by atoms with Crippen molar-refractivity contribution in [1.29, 1.82) is 0 Å². The van der Waals surface area contributed by atoms with Crippen LogP contribution in [0.5, 0.6) is 11.5 Å². The zero-order valence-corrected chi connectivity index (χ0v) is 11.2. The van der Waals surface area contributed by atoms with Crippen molar-refractivity contribution in [2.45, 2.75) is 6.23 Å². The second kappa shape index (κ2) is 5.29. The van der Waals surface area contributed by atoms with E-state index in [4.69, 9.17) is 19.9 Å². The predicted octanol–water partition coefficient (Wildman–Crippen LogP) is 0.211. The molecule has 1 aromatic rings. The number of hydrazine groups is 1. The Balaban J connectivity index is 2.37. The highest BCUT2D eigenvalue weighted by Gasteiger charge is 2.35. The highest BCUT2D eigenvalue weighted by molar-refractivity contribution is 7.80. The Morgan fingerprint density at radius 1 is 1.42 bits per heavy atom. The number of rotatable bonds is 4. The van der Waals surface area contributed by atoms with Gasteiger partial charge in [0, 0.05) is 5.56 Å².